The zero-order chi connectivity index (χ0) is 18.0. The number of likely N-dealkylation sites (N-methyl/N-ethyl adjacent to an activating group) is 1. The summed E-state index contributed by atoms with van der Waals surface area (Å²) >= 11 is 0. The number of hydrogen-bond acceptors (Lipinski definition) is 5. The number of sulfonamides is 1. The van der Waals surface area contributed by atoms with Gasteiger partial charge >= 0.3 is 0 Å². The van der Waals surface area contributed by atoms with Gasteiger partial charge in [-0.05, 0) is 24.7 Å². The van der Waals surface area contributed by atoms with Crippen LogP contribution in [0, 0.1) is 0 Å². The van der Waals surface area contributed by atoms with Gasteiger partial charge in [0.15, 0.2) is 0 Å². The molecule has 0 atom stereocenters. The van der Waals surface area contributed by atoms with Gasteiger partial charge in [0.1, 0.15) is 5.82 Å². The van der Waals surface area contributed by atoms with Crippen LogP contribution in [0.3, 0.4) is 0 Å². The van der Waals surface area contributed by atoms with Crippen molar-refractivity contribution in [1.82, 2.24) is 19.4 Å². The molecule has 0 radical (unpaired) electrons. The van der Waals surface area contributed by atoms with Crippen LogP contribution in [0.1, 0.15) is 12.7 Å². The molecule has 1 aromatic heterocycles. The fraction of sp³-hybridized carbons (Fsp3) is 0.588. The Bertz CT molecular complexity index is 838. The van der Waals surface area contributed by atoms with Crippen LogP contribution in [0.4, 0.5) is 5.69 Å². The van der Waals surface area contributed by atoms with E-state index in [0.717, 1.165) is 68.8 Å². The SMILES string of the molecule is CCN1CCN(CCc2nc3cc(NS(C)(=O)=O)ccc3n2C)CC1. The lowest BCUT2D eigenvalue weighted by atomic mass is 10.3. The predicted octanol–water partition coefficient (Wildman–Crippen LogP) is 1.12. The molecular weight excluding hydrogens is 338 g/mol. The van der Waals surface area contributed by atoms with Crippen molar-refractivity contribution in [3.63, 3.8) is 0 Å². The number of nitrogens with zero attached hydrogens (tertiary/aromatic N) is 4. The molecule has 25 heavy (non-hydrogen) atoms. The highest BCUT2D eigenvalue weighted by Gasteiger charge is 2.16. The smallest absolute Gasteiger partial charge is 0.229 e. The van der Waals surface area contributed by atoms with E-state index in [1.165, 1.54) is 0 Å². The fourth-order valence-corrected chi connectivity index (χ4v) is 3.89. The Labute approximate surface area is 149 Å². The van der Waals surface area contributed by atoms with Crippen LogP contribution in [0.25, 0.3) is 11.0 Å². The molecule has 1 fully saturated rings. The van der Waals surface area contributed by atoms with Gasteiger partial charge in [-0.25, -0.2) is 13.4 Å². The van der Waals surface area contributed by atoms with Crippen molar-refractivity contribution in [3.8, 4) is 0 Å². The van der Waals surface area contributed by atoms with E-state index < -0.39 is 10.0 Å². The molecule has 0 saturated carbocycles. The molecular formula is C17H27N5O2S. The summed E-state index contributed by atoms with van der Waals surface area (Å²) in [5.41, 5.74) is 2.39. The maximum Gasteiger partial charge on any atom is 0.229 e. The maximum absolute atomic E-state index is 11.4. The summed E-state index contributed by atoms with van der Waals surface area (Å²) in [4.78, 5) is 9.67. The highest BCUT2D eigenvalue weighted by molar-refractivity contribution is 7.92. The first kappa shape index (κ1) is 18.2. The van der Waals surface area contributed by atoms with Crippen LogP contribution >= 0.6 is 0 Å². The van der Waals surface area contributed by atoms with Gasteiger partial charge < -0.3 is 14.4 Å². The van der Waals surface area contributed by atoms with E-state index in [4.69, 9.17) is 4.98 Å². The van der Waals surface area contributed by atoms with Crippen LogP contribution in [-0.2, 0) is 23.5 Å². The molecule has 1 N–H and O–H groups in total. The van der Waals surface area contributed by atoms with Crippen molar-refractivity contribution in [2.24, 2.45) is 7.05 Å². The number of fused-ring (bicyclic) bond motifs is 1. The molecule has 1 aliphatic rings. The van der Waals surface area contributed by atoms with Gasteiger partial charge in [-0.3, -0.25) is 4.72 Å². The topological polar surface area (TPSA) is 70.5 Å². The van der Waals surface area contributed by atoms with Crippen LogP contribution in [0.15, 0.2) is 18.2 Å². The summed E-state index contributed by atoms with van der Waals surface area (Å²) in [7, 11) is -1.26. The number of aryl methyl sites for hydroxylation is 1. The van der Waals surface area contributed by atoms with Gasteiger partial charge in [-0.1, -0.05) is 6.92 Å². The van der Waals surface area contributed by atoms with E-state index in [1.54, 1.807) is 12.1 Å². The van der Waals surface area contributed by atoms with Crippen molar-refractivity contribution in [1.29, 1.82) is 0 Å². The molecule has 2 aromatic rings. The van der Waals surface area contributed by atoms with Gasteiger partial charge in [0.05, 0.1) is 23.0 Å². The van der Waals surface area contributed by atoms with Gasteiger partial charge in [0.25, 0.3) is 0 Å². The summed E-state index contributed by atoms with van der Waals surface area (Å²) in [6.45, 7) is 8.84. The Kier molecular flexibility index (Phi) is 5.31. The number of hydrogen-bond donors (Lipinski definition) is 1. The molecule has 8 heteroatoms. The standard InChI is InChI=1S/C17H27N5O2S/c1-4-21-9-11-22(12-10-21)8-7-17-18-15-13-14(19-25(3,23)24)5-6-16(15)20(17)2/h5-6,13,19H,4,7-12H2,1-3H3. The summed E-state index contributed by atoms with van der Waals surface area (Å²) in [5, 5.41) is 0. The van der Waals surface area contributed by atoms with Crippen molar-refractivity contribution >= 4 is 26.7 Å². The van der Waals surface area contributed by atoms with Crippen molar-refractivity contribution in [2.75, 3.05) is 50.2 Å². The lowest BCUT2D eigenvalue weighted by molar-refractivity contribution is 0.138. The number of rotatable bonds is 6. The summed E-state index contributed by atoms with van der Waals surface area (Å²) < 4.78 is 27.4. The third-order valence-corrected chi connectivity index (χ3v) is 5.45. The Morgan fingerprint density at radius 2 is 1.84 bits per heavy atom. The summed E-state index contributed by atoms with van der Waals surface area (Å²) in [6, 6.07) is 5.48. The third-order valence-electron chi connectivity index (χ3n) is 4.84. The second-order valence-electron chi connectivity index (χ2n) is 6.69. The number of imidazole rings is 1. The molecule has 1 aliphatic heterocycles. The minimum atomic E-state index is -3.28. The summed E-state index contributed by atoms with van der Waals surface area (Å²) in [6.07, 6.45) is 2.05. The predicted molar refractivity (Wildman–Crippen MR) is 101 cm³/mol. The minimum absolute atomic E-state index is 0.551. The number of aromatic nitrogens is 2. The van der Waals surface area contributed by atoms with Crippen molar-refractivity contribution in [3.05, 3.63) is 24.0 Å². The molecule has 3 rings (SSSR count). The Balaban J connectivity index is 1.68. The Morgan fingerprint density at radius 3 is 2.48 bits per heavy atom. The van der Waals surface area contributed by atoms with Crippen molar-refractivity contribution in [2.45, 2.75) is 13.3 Å². The van der Waals surface area contributed by atoms with E-state index in [2.05, 4.69) is 26.0 Å². The number of anilines is 1. The molecule has 138 valence electrons. The average molecular weight is 366 g/mol. The van der Waals surface area contributed by atoms with E-state index in [1.807, 2.05) is 13.1 Å². The van der Waals surface area contributed by atoms with E-state index >= 15 is 0 Å². The zero-order valence-corrected chi connectivity index (χ0v) is 16.0. The lowest BCUT2D eigenvalue weighted by Crippen LogP contribution is -2.46. The molecule has 0 unspecified atom stereocenters. The zero-order valence-electron chi connectivity index (χ0n) is 15.2. The Hall–Kier alpha value is -1.64. The van der Waals surface area contributed by atoms with Gasteiger partial charge in [0.2, 0.25) is 10.0 Å². The molecule has 7 nitrogen and oxygen atoms in total. The monoisotopic (exact) mass is 365 g/mol. The average Bonchev–Trinajstić information content (AvgIpc) is 2.87. The molecule has 2 heterocycles. The highest BCUT2D eigenvalue weighted by atomic mass is 32.2. The first-order valence-electron chi connectivity index (χ1n) is 8.73. The Morgan fingerprint density at radius 1 is 1.16 bits per heavy atom. The third kappa shape index (κ3) is 4.50. The molecule has 0 spiro atoms. The second-order valence-corrected chi connectivity index (χ2v) is 8.44. The van der Waals surface area contributed by atoms with Gasteiger partial charge in [-0.2, -0.15) is 0 Å². The largest absolute Gasteiger partial charge is 0.331 e. The first-order valence-corrected chi connectivity index (χ1v) is 10.6. The number of benzene rings is 1. The molecule has 0 amide bonds. The summed E-state index contributed by atoms with van der Waals surface area (Å²) in [5.74, 6) is 1.03. The molecule has 1 aromatic carbocycles. The first-order chi connectivity index (χ1) is 11.9. The molecule has 0 aliphatic carbocycles. The molecule has 0 bridgehead atoms. The lowest BCUT2D eigenvalue weighted by Gasteiger charge is -2.33. The number of nitrogens with one attached hydrogen (secondary N) is 1. The second kappa shape index (κ2) is 7.31. The van der Waals surface area contributed by atoms with Crippen LogP contribution < -0.4 is 4.72 Å². The van der Waals surface area contributed by atoms with E-state index in [9.17, 15) is 8.42 Å². The van der Waals surface area contributed by atoms with E-state index in [0.29, 0.717) is 5.69 Å². The fourth-order valence-electron chi connectivity index (χ4n) is 3.34. The van der Waals surface area contributed by atoms with Crippen LogP contribution in [-0.4, -0.2) is 73.3 Å². The van der Waals surface area contributed by atoms with Gasteiger partial charge in [-0.15, -0.1) is 0 Å². The van der Waals surface area contributed by atoms with Gasteiger partial charge in [0, 0.05) is 46.2 Å². The van der Waals surface area contributed by atoms with Crippen LogP contribution in [0.5, 0.6) is 0 Å². The van der Waals surface area contributed by atoms with Crippen LogP contribution in [0.2, 0.25) is 0 Å². The minimum Gasteiger partial charge on any atom is -0.331 e. The van der Waals surface area contributed by atoms with Crippen molar-refractivity contribution < 1.29 is 8.42 Å². The highest BCUT2D eigenvalue weighted by Crippen LogP contribution is 2.20. The maximum atomic E-state index is 11.4. The quantitative estimate of drug-likeness (QED) is 0.831. The number of piperazine rings is 1. The van der Waals surface area contributed by atoms with E-state index in [-0.39, 0.29) is 0 Å². The normalized spacial score (nSPS) is 17.2. The molecule has 1 saturated heterocycles.